The zero-order valence-corrected chi connectivity index (χ0v) is 9.48. The molecule has 0 fully saturated rings. The van der Waals surface area contributed by atoms with E-state index >= 15 is 0 Å². The zero-order chi connectivity index (χ0) is 12.1. The fraction of sp³-hybridized carbons (Fsp3) is 0.364. The van der Waals surface area contributed by atoms with Crippen molar-refractivity contribution in [3.05, 3.63) is 23.8 Å². The summed E-state index contributed by atoms with van der Waals surface area (Å²) >= 11 is 0. The smallest absolute Gasteiger partial charge is 0.325 e. The van der Waals surface area contributed by atoms with Gasteiger partial charge in [0.25, 0.3) is 0 Å². The number of benzene rings is 1. The summed E-state index contributed by atoms with van der Waals surface area (Å²) in [6.07, 6.45) is 0. The highest BCUT2D eigenvalue weighted by atomic mass is 16.5. The number of methoxy groups -OCH3 is 2. The van der Waals surface area contributed by atoms with Crippen LogP contribution in [0.1, 0.15) is 11.6 Å². The molecule has 1 rings (SSSR count). The predicted molar refractivity (Wildman–Crippen MR) is 59.0 cm³/mol. The van der Waals surface area contributed by atoms with Crippen LogP contribution in [0.2, 0.25) is 0 Å². The van der Waals surface area contributed by atoms with Crippen LogP contribution in [-0.4, -0.2) is 32.3 Å². The molecule has 16 heavy (non-hydrogen) atoms. The summed E-state index contributed by atoms with van der Waals surface area (Å²) in [5.74, 6) is 0.155. The second-order valence-corrected chi connectivity index (χ2v) is 3.17. The number of nitrogens with one attached hydrogen (secondary N) is 1. The van der Waals surface area contributed by atoms with Gasteiger partial charge < -0.3 is 19.9 Å². The number of rotatable bonds is 5. The normalized spacial score (nSPS) is 11.9. The fourth-order valence-electron chi connectivity index (χ4n) is 1.47. The summed E-state index contributed by atoms with van der Waals surface area (Å²) in [4.78, 5) is 11.0. The molecule has 0 radical (unpaired) electrons. The Balaban J connectivity index is 3.11. The number of hydrogen-bond acceptors (Lipinski definition) is 4. The summed E-state index contributed by atoms with van der Waals surface area (Å²) in [5, 5.41) is 11.7. The van der Waals surface area contributed by atoms with Crippen LogP contribution in [0.3, 0.4) is 0 Å². The van der Waals surface area contributed by atoms with Crippen LogP contribution in [0.5, 0.6) is 11.5 Å². The molecule has 0 aromatic heterocycles. The van der Waals surface area contributed by atoms with Crippen molar-refractivity contribution in [3.8, 4) is 11.5 Å². The molecule has 0 aliphatic carbocycles. The fourth-order valence-corrected chi connectivity index (χ4v) is 1.47. The Labute approximate surface area is 94.0 Å². The van der Waals surface area contributed by atoms with Gasteiger partial charge in [-0.2, -0.15) is 0 Å². The lowest BCUT2D eigenvalue weighted by Crippen LogP contribution is -2.24. The van der Waals surface area contributed by atoms with E-state index in [9.17, 15) is 4.79 Å². The quantitative estimate of drug-likeness (QED) is 0.784. The molecule has 0 heterocycles. The molecule has 5 heteroatoms. The number of hydrogen-bond donors (Lipinski definition) is 2. The molecule has 0 saturated heterocycles. The van der Waals surface area contributed by atoms with Gasteiger partial charge >= 0.3 is 5.97 Å². The maximum atomic E-state index is 11.0. The Bertz CT molecular complexity index is 378. The SMILES string of the molecule is CN[C@H](C(=O)O)c1ccc(OC)c(OC)c1. The van der Waals surface area contributed by atoms with Gasteiger partial charge in [0.1, 0.15) is 6.04 Å². The third-order valence-electron chi connectivity index (χ3n) is 2.28. The first-order valence-electron chi connectivity index (χ1n) is 4.76. The average molecular weight is 225 g/mol. The third-order valence-corrected chi connectivity index (χ3v) is 2.28. The summed E-state index contributed by atoms with van der Waals surface area (Å²) in [6, 6.07) is 4.27. The minimum absolute atomic E-state index is 0.515. The van der Waals surface area contributed by atoms with Crippen molar-refractivity contribution in [2.24, 2.45) is 0 Å². The van der Waals surface area contributed by atoms with Crippen LogP contribution >= 0.6 is 0 Å². The molecule has 1 atom stereocenters. The van der Waals surface area contributed by atoms with Gasteiger partial charge in [0.2, 0.25) is 0 Å². The Morgan fingerprint density at radius 1 is 1.31 bits per heavy atom. The van der Waals surface area contributed by atoms with Gasteiger partial charge in [-0.25, -0.2) is 0 Å². The van der Waals surface area contributed by atoms with Crippen LogP contribution < -0.4 is 14.8 Å². The molecule has 1 aromatic carbocycles. The third kappa shape index (κ3) is 2.43. The number of carbonyl (C=O) groups is 1. The summed E-state index contributed by atoms with van der Waals surface area (Å²) < 4.78 is 10.2. The van der Waals surface area contributed by atoms with Gasteiger partial charge in [0, 0.05) is 0 Å². The van der Waals surface area contributed by atoms with Gasteiger partial charge in [-0.05, 0) is 24.7 Å². The highest BCUT2D eigenvalue weighted by molar-refractivity contribution is 5.75. The Morgan fingerprint density at radius 3 is 2.38 bits per heavy atom. The Morgan fingerprint density at radius 2 is 1.94 bits per heavy atom. The summed E-state index contributed by atoms with van der Waals surface area (Å²) in [6.45, 7) is 0. The lowest BCUT2D eigenvalue weighted by atomic mass is 10.1. The van der Waals surface area contributed by atoms with Crippen LogP contribution in [0.25, 0.3) is 0 Å². The van der Waals surface area contributed by atoms with Crippen molar-refractivity contribution in [2.75, 3.05) is 21.3 Å². The standard InChI is InChI=1S/C11H15NO4/c1-12-10(11(13)14)7-4-5-8(15-2)9(6-7)16-3/h4-6,10,12H,1-3H3,(H,13,14)/t10-/m0/s1. The summed E-state index contributed by atoms with van der Waals surface area (Å²) in [7, 11) is 4.64. The van der Waals surface area contributed by atoms with Crippen LogP contribution in [0.4, 0.5) is 0 Å². The van der Waals surface area contributed by atoms with Gasteiger partial charge in [0.15, 0.2) is 11.5 Å². The van der Waals surface area contributed by atoms with E-state index in [1.807, 2.05) is 0 Å². The minimum Gasteiger partial charge on any atom is -0.493 e. The molecule has 0 bridgehead atoms. The van der Waals surface area contributed by atoms with Crippen LogP contribution in [0, 0.1) is 0 Å². The van der Waals surface area contributed by atoms with E-state index in [1.54, 1.807) is 25.2 Å². The predicted octanol–water partition coefficient (Wildman–Crippen LogP) is 1.05. The molecule has 0 amide bonds. The van der Waals surface area contributed by atoms with Crippen molar-refractivity contribution in [1.82, 2.24) is 5.32 Å². The number of carboxylic acids is 1. The van der Waals surface area contributed by atoms with E-state index in [4.69, 9.17) is 14.6 Å². The maximum Gasteiger partial charge on any atom is 0.325 e. The monoisotopic (exact) mass is 225 g/mol. The maximum absolute atomic E-state index is 11.0. The molecular weight excluding hydrogens is 210 g/mol. The van der Waals surface area contributed by atoms with E-state index in [0.29, 0.717) is 17.1 Å². The molecule has 0 spiro atoms. The number of aliphatic carboxylic acids is 1. The average Bonchev–Trinajstić information content (AvgIpc) is 2.29. The lowest BCUT2D eigenvalue weighted by molar-refractivity contribution is -0.139. The van der Waals surface area contributed by atoms with Gasteiger partial charge in [-0.15, -0.1) is 0 Å². The van der Waals surface area contributed by atoms with Crippen molar-refractivity contribution >= 4 is 5.97 Å². The van der Waals surface area contributed by atoms with E-state index < -0.39 is 12.0 Å². The first-order valence-corrected chi connectivity index (χ1v) is 4.76. The van der Waals surface area contributed by atoms with Gasteiger partial charge in [-0.3, -0.25) is 4.79 Å². The van der Waals surface area contributed by atoms with E-state index in [-0.39, 0.29) is 0 Å². The topological polar surface area (TPSA) is 67.8 Å². The van der Waals surface area contributed by atoms with Crippen LogP contribution in [-0.2, 0) is 4.79 Å². The first-order chi connectivity index (χ1) is 7.63. The second-order valence-electron chi connectivity index (χ2n) is 3.17. The molecule has 5 nitrogen and oxygen atoms in total. The highest BCUT2D eigenvalue weighted by Gasteiger charge is 2.18. The Hall–Kier alpha value is -1.75. The highest BCUT2D eigenvalue weighted by Crippen LogP contribution is 2.29. The van der Waals surface area contributed by atoms with Gasteiger partial charge in [-0.1, -0.05) is 6.07 Å². The number of carboxylic acid groups (broad SMARTS) is 1. The number of likely N-dealkylation sites (N-methyl/N-ethyl adjacent to an activating group) is 1. The molecule has 2 N–H and O–H groups in total. The lowest BCUT2D eigenvalue weighted by Gasteiger charge is -2.14. The molecule has 0 aliphatic heterocycles. The zero-order valence-electron chi connectivity index (χ0n) is 9.48. The van der Waals surface area contributed by atoms with E-state index in [1.165, 1.54) is 14.2 Å². The largest absolute Gasteiger partial charge is 0.493 e. The van der Waals surface area contributed by atoms with Gasteiger partial charge in [0.05, 0.1) is 14.2 Å². The van der Waals surface area contributed by atoms with E-state index in [0.717, 1.165) is 0 Å². The molecule has 0 saturated carbocycles. The van der Waals surface area contributed by atoms with E-state index in [2.05, 4.69) is 5.32 Å². The molecule has 0 unspecified atom stereocenters. The summed E-state index contributed by atoms with van der Waals surface area (Å²) in [5.41, 5.74) is 0.618. The van der Waals surface area contributed by atoms with Crippen molar-refractivity contribution < 1.29 is 19.4 Å². The van der Waals surface area contributed by atoms with Crippen molar-refractivity contribution in [3.63, 3.8) is 0 Å². The Kier molecular flexibility index (Phi) is 4.13. The molecular formula is C11H15NO4. The molecule has 88 valence electrons. The molecule has 1 aromatic rings. The van der Waals surface area contributed by atoms with Crippen molar-refractivity contribution in [1.29, 1.82) is 0 Å². The molecule has 0 aliphatic rings. The first kappa shape index (κ1) is 12.3. The minimum atomic E-state index is -0.935. The second kappa shape index (κ2) is 5.37. The van der Waals surface area contributed by atoms with Crippen molar-refractivity contribution in [2.45, 2.75) is 6.04 Å². The number of ether oxygens (including phenoxy) is 2. The van der Waals surface area contributed by atoms with Crippen LogP contribution in [0.15, 0.2) is 18.2 Å².